The Morgan fingerprint density at radius 1 is 1.26 bits per heavy atom. The lowest BCUT2D eigenvalue weighted by atomic mass is 10.1. The summed E-state index contributed by atoms with van der Waals surface area (Å²) in [5, 5.41) is 4.26. The van der Waals surface area contributed by atoms with Crippen LogP contribution in [0, 0.1) is 0 Å². The zero-order chi connectivity index (χ0) is 13.2. The highest BCUT2D eigenvalue weighted by molar-refractivity contribution is 9.10. The van der Waals surface area contributed by atoms with Gasteiger partial charge >= 0.3 is 0 Å². The summed E-state index contributed by atoms with van der Waals surface area (Å²) in [5.41, 5.74) is 2.42. The van der Waals surface area contributed by atoms with Gasteiger partial charge in [0.1, 0.15) is 12.4 Å². The second kappa shape index (κ2) is 5.53. The highest BCUT2D eigenvalue weighted by Gasteiger charge is 2.22. The molecular formula is C15H13BrClNO. The van der Waals surface area contributed by atoms with Crippen molar-refractivity contribution in [1.29, 1.82) is 0 Å². The third-order valence-corrected chi connectivity index (χ3v) is 4.23. The van der Waals surface area contributed by atoms with Gasteiger partial charge < -0.3 is 10.1 Å². The average molecular weight is 339 g/mol. The van der Waals surface area contributed by atoms with Gasteiger partial charge in [0.15, 0.2) is 0 Å². The smallest absolute Gasteiger partial charge is 0.124 e. The molecule has 0 amide bonds. The summed E-state index contributed by atoms with van der Waals surface area (Å²) in [5.74, 6) is 0.982. The fraction of sp³-hybridized carbons (Fsp3) is 0.200. The van der Waals surface area contributed by atoms with Gasteiger partial charge in [-0.1, -0.05) is 51.8 Å². The summed E-state index contributed by atoms with van der Waals surface area (Å²) >= 11 is 9.47. The number of para-hydroxylation sites is 1. The molecule has 0 bridgehead atoms. The largest absolute Gasteiger partial charge is 0.491 e. The molecule has 0 fully saturated rings. The Morgan fingerprint density at radius 3 is 2.95 bits per heavy atom. The molecule has 0 radical (unpaired) electrons. The molecule has 0 spiro atoms. The van der Waals surface area contributed by atoms with Crippen molar-refractivity contribution in [2.75, 3.05) is 6.61 Å². The van der Waals surface area contributed by atoms with E-state index in [9.17, 15) is 0 Å². The maximum Gasteiger partial charge on any atom is 0.124 e. The first-order chi connectivity index (χ1) is 9.24. The van der Waals surface area contributed by atoms with Crippen LogP contribution in [0.25, 0.3) is 0 Å². The fourth-order valence-corrected chi connectivity index (χ4v) is 3.05. The van der Waals surface area contributed by atoms with Gasteiger partial charge in [-0.05, 0) is 23.8 Å². The minimum Gasteiger partial charge on any atom is -0.491 e. The molecule has 2 nitrogen and oxygen atoms in total. The fourth-order valence-electron chi connectivity index (χ4n) is 2.23. The van der Waals surface area contributed by atoms with Crippen LogP contribution in [0.5, 0.6) is 5.75 Å². The zero-order valence-corrected chi connectivity index (χ0v) is 12.5. The summed E-state index contributed by atoms with van der Waals surface area (Å²) in [7, 11) is 0. The standard InChI is InChI=1S/C15H13BrClNO/c16-13-7-11(17)6-5-10(13)8-18-14-9-19-15-4-2-1-3-12(14)15/h1-7,14,18H,8-9H2. The second-order valence-electron chi connectivity index (χ2n) is 4.52. The van der Waals surface area contributed by atoms with Gasteiger partial charge in [-0.2, -0.15) is 0 Å². The Hall–Kier alpha value is -1.03. The summed E-state index contributed by atoms with van der Waals surface area (Å²) in [4.78, 5) is 0. The van der Waals surface area contributed by atoms with Crippen LogP contribution in [-0.4, -0.2) is 6.61 Å². The number of ether oxygens (including phenoxy) is 1. The van der Waals surface area contributed by atoms with E-state index in [1.807, 2.05) is 36.4 Å². The van der Waals surface area contributed by atoms with Crippen LogP contribution in [0.2, 0.25) is 5.02 Å². The van der Waals surface area contributed by atoms with E-state index in [1.54, 1.807) is 0 Å². The number of nitrogens with one attached hydrogen (secondary N) is 1. The monoisotopic (exact) mass is 337 g/mol. The maximum atomic E-state index is 5.94. The molecule has 0 saturated carbocycles. The van der Waals surface area contributed by atoms with E-state index in [4.69, 9.17) is 16.3 Å². The maximum absolute atomic E-state index is 5.94. The van der Waals surface area contributed by atoms with Crippen LogP contribution in [0.4, 0.5) is 0 Å². The molecule has 1 aliphatic heterocycles. The predicted molar refractivity (Wildman–Crippen MR) is 80.7 cm³/mol. The lowest BCUT2D eigenvalue weighted by Crippen LogP contribution is -2.22. The Balaban J connectivity index is 1.71. The molecule has 1 unspecified atom stereocenters. The quantitative estimate of drug-likeness (QED) is 0.899. The van der Waals surface area contributed by atoms with Crippen LogP contribution in [0.1, 0.15) is 17.2 Å². The number of hydrogen-bond acceptors (Lipinski definition) is 2. The van der Waals surface area contributed by atoms with E-state index in [1.165, 1.54) is 11.1 Å². The average Bonchev–Trinajstić information content (AvgIpc) is 2.81. The topological polar surface area (TPSA) is 21.3 Å². The molecule has 0 aromatic heterocycles. The number of halogens is 2. The Bertz CT molecular complexity index is 602. The predicted octanol–water partition coefficient (Wildman–Crippen LogP) is 4.33. The van der Waals surface area contributed by atoms with E-state index in [0.29, 0.717) is 6.61 Å². The van der Waals surface area contributed by atoms with Crippen LogP contribution >= 0.6 is 27.5 Å². The Morgan fingerprint density at radius 2 is 2.11 bits per heavy atom. The number of benzene rings is 2. The molecule has 1 heterocycles. The summed E-state index contributed by atoms with van der Waals surface area (Å²) in [6.45, 7) is 1.46. The molecule has 0 aliphatic carbocycles. The molecule has 19 heavy (non-hydrogen) atoms. The van der Waals surface area contributed by atoms with E-state index >= 15 is 0 Å². The van der Waals surface area contributed by atoms with Gasteiger partial charge in [-0.15, -0.1) is 0 Å². The van der Waals surface area contributed by atoms with Crippen molar-refractivity contribution in [3.05, 3.63) is 63.1 Å². The van der Waals surface area contributed by atoms with Crippen molar-refractivity contribution in [2.24, 2.45) is 0 Å². The van der Waals surface area contributed by atoms with Gasteiger partial charge in [-0.3, -0.25) is 0 Å². The van der Waals surface area contributed by atoms with Gasteiger partial charge in [0.25, 0.3) is 0 Å². The first-order valence-corrected chi connectivity index (χ1v) is 7.30. The van der Waals surface area contributed by atoms with Crippen molar-refractivity contribution < 1.29 is 4.74 Å². The van der Waals surface area contributed by atoms with Crippen molar-refractivity contribution in [2.45, 2.75) is 12.6 Å². The number of rotatable bonds is 3. The summed E-state index contributed by atoms with van der Waals surface area (Å²) < 4.78 is 6.68. The molecule has 2 aromatic rings. The molecule has 3 rings (SSSR count). The highest BCUT2D eigenvalue weighted by Crippen LogP contribution is 2.32. The van der Waals surface area contributed by atoms with E-state index in [0.717, 1.165) is 21.8 Å². The first kappa shape index (κ1) is 13.0. The second-order valence-corrected chi connectivity index (χ2v) is 5.81. The minimum atomic E-state index is 0.249. The van der Waals surface area contributed by atoms with Gasteiger partial charge in [0.2, 0.25) is 0 Å². The van der Waals surface area contributed by atoms with E-state index in [2.05, 4.69) is 27.3 Å². The van der Waals surface area contributed by atoms with Crippen molar-refractivity contribution in [3.63, 3.8) is 0 Å². The SMILES string of the molecule is Clc1ccc(CNC2COc3ccccc32)c(Br)c1. The number of fused-ring (bicyclic) bond motifs is 1. The molecule has 98 valence electrons. The van der Waals surface area contributed by atoms with E-state index in [-0.39, 0.29) is 6.04 Å². The lowest BCUT2D eigenvalue weighted by Gasteiger charge is -2.12. The summed E-state index contributed by atoms with van der Waals surface area (Å²) in [6, 6.07) is 14.3. The van der Waals surface area contributed by atoms with Crippen molar-refractivity contribution >= 4 is 27.5 Å². The van der Waals surface area contributed by atoms with Gasteiger partial charge in [0, 0.05) is 21.6 Å². The van der Waals surface area contributed by atoms with Crippen molar-refractivity contribution in [3.8, 4) is 5.75 Å². The molecule has 1 atom stereocenters. The number of hydrogen-bond donors (Lipinski definition) is 1. The highest BCUT2D eigenvalue weighted by atomic mass is 79.9. The van der Waals surface area contributed by atoms with Crippen molar-refractivity contribution in [1.82, 2.24) is 5.32 Å². The molecular weight excluding hydrogens is 326 g/mol. The normalized spacial score (nSPS) is 17.1. The Kier molecular flexibility index (Phi) is 3.78. The molecule has 1 aliphatic rings. The van der Waals surface area contributed by atoms with Crippen LogP contribution < -0.4 is 10.1 Å². The Labute approximate surface area is 125 Å². The van der Waals surface area contributed by atoms with Crippen LogP contribution in [0.15, 0.2) is 46.9 Å². The minimum absolute atomic E-state index is 0.249. The van der Waals surface area contributed by atoms with Crippen LogP contribution in [0.3, 0.4) is 0 Å². The van der Waals surface area contributed by atoms with Gasteiger partial charge in [0.05, 0.1) is 6.04 Å². The molecule has 4 heteroatoms. The van der Waals surface area contributed by atoms with E-state index < -0.39 is 0 Å². The van der Waals surface area contributed by atoms with Gasteiger partial charge in [-0.25, -0.2) is 0 Å². The third-order valence-electron chi connectivity index (χ3n) is 3.25. The van der Waals surface area contributed by atoms with Crippen LogP contribution in [-0.2, 0) is 6.54 Å². The lowest BCUT2D eigenvalue weighted by molar-refractivity contribution is 0.310. The third kappa shape index (κ3) is 2.78. The molecule has 2 aromatic carbocycles. The summed E-state index contributed by atoms with van der Waals surface area (Å²) in [6.07, 6.45) is 0. The molecule has 1 N–H and O–H groups in total. The molecule has 0 saturated heterocycles. The first-order valence-electron chi connectivity index (χ1n) is 6.13. The zero-order valence-electron chi connectivity index (χ0n) is 10.2.